The highest BCUT2D eigenvalue weighted by Crippen LogP contribution is 2.37. The standard InChI is InChI=1S/C35H34N4O2S/c1-3-4-21-36-35-38-29-17-11-16-28(32(29)42-35)33-37-30-23-26(34(40)41-2)18-19-31(30)39(33)22-20-27(24-12-7-5-8-13-24)25-14-9-6-10-15-25/h5-19,23,27H,3-4,20-22H2,1-2H3,(H,36,38). The molecule has 2 aromatic heterocycles. The molecular formula is C35H34N4O2S. The number of thiazole rings is 1. The fourth-order valence-corrected chi connectivity index (χ4v) is 6.53. The zero-order chi connectivity index (χ0) is 28.9. The number of rotatable bonds is 11. The van der Waals surface area contributed by atoms with Crippen molar-refractivity contribution in [2.45, 2.75) is 38.6 Å². The minimum atomic E-state index is -0.367. The number of ether oxygens (including phenoxy) is 1. The van der Waals surface area contributed by atoms with Crippen molar-refractivity contribution in [3.63, 3.8) is 0 Å². The van der Waals surface area contributed by atoms with Crippen LogP contribution in [0.4, 0.5) is 5.13 Å². The van der Waals surface area contributed by atoms with E-state index in [-0.39, 0.29) is 11.9 Å². The highest BCUT2D eigenvalue weighted by atomic mass is 32.1. The monoisotopic (exact) mass is 574 g/mol. The molecule has 0 bridgehead atoms. The molecule has 0 fully saturated rings. The van der Waals surface area contributed by atoms with Crippen LogP contribution in [0, 0.1) is 0 Å². The maximum Gasteiger partial charge on any atom is 0.337 e. The Morgan fingerprint density at radius 3 is 2.33 bits per heavy atom. The first-order valence-electron chi connectivity index (χ1n) is 14.5. The Kier molecular flexibility index (Phi) is 8.28. The van der Waals surface area contributed by atoms with Crippen molar-refractivity contribution in [1.29, 1.82) is 0 Å². The molecule has 0 aliphatic heterocycles. The Morgan fingerprint density at radius 2 is 1.64 bits per heavy atom. The van der Waals surface area contributed by atoms with Gasteiger partial charge in [-0.05, 0) is 54.3 Å². The average molecular weight is 575 g/mol. The molecule has 0 aliphatic carbocycles. The van der Waals surface area contributed by atoms with Crippen LogP contribution in [0.2, 0.25) is 0 Å². The first-order chi connectivity index (χ1) is 20.7. The second-order valence-corrected chi connectivity index (χ2v) is 11.4. The van der Waals surface area contributed by atoms with Gasteiger partial charge in [0.05, 0.1) is 33.9 Å². The van der Waals surface area contributed by atoms with Gasteiger partial charge in [0.15, 0.2) is 5.13 Å². The number of aromatic nitrogens is 3. The Balaban J connectivity index is 1.45. The van der Waals surface area contributed by atoms with Gasteiger partial charge in [-0.15, -0.1) is 0 Å². The van der Waals surface area contributed by atoms with Crippen LogP contribution in [0.5, 0.6) is 0 Å². The van der Waals surface area contributed by atoms with Crippen LogP contribution in [0.3, 0.4) is 0 Å². The van der Waals surface area contributed by atoms with Crippen LogP contribution in [0.15, 0.2) is 97.1 Å². The lowest BCUT2D eigenvalue weighted by atomic mass is 9.88. The van der Waals surface area contributed by atoms with Gasteiger partial charge in [-0.25, -0.2) is 14.8 Å². The zero-order valence-corrected chi connectivity index (χ0v) is 24.7. The molecule has 4 aromatic carbocycles. The van der Waals surface area contributed by atoms with Crippen molar-refractivity contribution in [1.82, 2.24) is 14.5 Å². The minimum absolute atomic E-state index is 0.223. The normalized spacial score (nSPS) is 11.4. The molecule has 0 aliphatic rings. The molecule has 0 saturated carbocycles. The fourth-order valence-electron chi connectivity index (χ4n) is 5.53. The van der Waals surface area contributed by atoms with Gasteiger partial charge in [0, 0.05) is 24.6 Å². The fraction of sp³-hybridized carbons (Fsp3) is 0.229. The van der Waals surface area contributed by atoms with Crippen molar-refractivity contribution in [2.24, 2.45) is 0 Å². The minimum Gasteiger partial charge on any atom is -0.465 e. The lowest BCUT2D eigenvalue weighted by Gasteiger charge is -2.20. The summed E-state index contributed by atoms with van der Waals surface area (Å²) < 4.78 is 8.40. The number of aryl methyl sites for hydroxylation is 1. The number of fused-ring (bicyclic) bond motifs is 2. The summed E-state index contributed by atoms with van der Waals surface area (Å²) >= 11 is 1.67. The lowest BCUT2D eigenvalue weighted by Crippen LogP contribution is -2.08. The molecule has 1 N–H and O–H groups in total. The average Bonchev–Trinajstić information content (AvgIpc) is 3.62. The number of benzene rings is 4. The summed E-state index contributed by atoms with van der Waals surface area (Å²) in [5.41, 5.74) is 6.82. The summed E-state index contributed by atoms with van der Waals surface area (Å²) in [6.07, 6.45) is 3.12. The number of nitrogens with one attached hydrogen (secondary N) is 1. The molecular weight excluding hydrogens is 540 g/mol. The Labute approximate surface area is 250 Å². The van der Waals surface area contributed by atoms with Crippen molar-refractivity contribution >= 4 is 43.7 Å². The molecule has 0 unspecified atom stereocenters. The van der Waals surface area contributed by atoms with E-state index in [2.05, 4.69) is 89.6 Å². The van der Waals surface area contributed by atoms with Crippen molar-refractivity contribution in [3.8, 4) is 11.4 Å². The lowest BCUT2D eigenvalue weighted by molar-refractivity contribution is 0.0601. The molecule has 7 heteroatoms. The summed E-state index contributed by atoms with van der Waals surface area (Å²) in [5, 5.41) is 4.41. The summed E-state index contributed by atoms with van der Waals surface area (Å²) in [4.78, 5) is 22.4. The Morgan fingerprint density at radius 1 is 0.905 bits per heavy atom. The third-order valence-corrected chi connectivity index (χ3v) is 8.74. The number of nitrogens with zero attached hydrogens (tertiary/aromatic N) is 3. The molecule has 6 rings (SSSR count). The summed E-state index contributed by atoms with van der Waals surface area (Å²) in [6.45, 7) is 3.84. The molecule has 6 nitrogen and oxygen atoms in total. The van der Waals surface area contributed by atoms with Crippen LogP contribution < -0.4 is 5.32 Å². The number of methoxy groups -OCH3 is 1. The van der Waals surface area contributed by atoms with Crippen LogP contribution in [0.25, 0.3) is 32.6 Å². The van der Waals surface area contributed by atoms with Crippen LogP contribution >= 0.6 is 11.3 Å². The van der Waals surface area contributed by atoms with E-state index in [0.717, 1.165) is 70.1 Å². The molecule has 0 amide bonds. The number of esters is 1. The van der Waals surface area contributed by atoms with Gasteiger partial charge in [-0.3, -0.25) is 0 Å². The second kappa shape index (κ2) is 12.6. The molecule has 2 heterocycles. The molecule has 6 aromatic rings. The predicted octanol–water partition coefficient (Wildman–Crippen LogP) is 8.53. The second-order valence-electron chi connectivity index (χ2n) is 10.4. The summed E-state index contributed by atoms with van der Waals surface area (Å²) in [6, 6.07) is 33.3. The summed E-state index contributed by atoms with van der Waals surface area (Å²) in [7, 11) is 1.40. The number of unbranched alkanes of at least 4 members (excludes halogenated alkanes) is 1. The zero-order valence-electron chi connectivity index (χ0n) is 23.9. The van der Waals surface area contributed by atoms with E-state index in [1.54, 1.807) is 11.3 Å². The maximum atomic E-state index is 12.4. The topological polar surface area (TPSA) is 69.0 Å². The molecule has 0 saturated heterocycles. The van der Waals surface area contributed by atoms with Crippen LogP contribution in [-0.4, -0.2) is 34.2 Å². The van der Waals surface area contributed by atoms with E-state index in [4.69, 9.17) is 14.7 Å². The van der Waals surface area contributed by atoms with E-state index >= 15 is 0 Å². The van der Waals surface area contributed by atoms with E-state index in [1.165, 1.54) is 18.2 Å². The number of carbonyl (C=O) groups is 1. The van der Waals surface area contributed by atoms with Gasteiger partial charge in [0.25, 0.3) is 0 Å². The maximum absolute atomic E-state index is 12.4. The van der Waals surface area contributed by atoms with E-state index in [1.807, 2.05) is 24.3 Å². The predicted molar refractivity (Wildman–Crippen MR) is 172 cm³/mol. The smallest absolute Gasteiger partial charge is 0.337 e. The molecule has 0 atom stereocenters. The number of carbonyl (C=O) groups excluding carboxylic acids is 1. The third kappa shape index (κ3) is 5.65. The SMILES string of the molecule is CCCCNc1nc2cccc(-c3nc4cc(C(=O)OC)ccc4n3CCC(c3ccccc3)c3ccccc3)c2s1. The van der Waals surface area contributed by atoms with Gasteiger partial charge in [-0.1, -0.05) is 91.4 Å². The van der Waals surface area contributed by atoms with E-state index in [9.17, 15) is 4.79 Å². The number of hydrogen-bond acceptors (Lipinski definition) is 6. The molecule has 0 radical (unpaired) electrons. The van der Waals surface area contributed by atoms with Crippen molar-refractivity contribution < 1.29 is 9.53 Å². The van der Waals surface area contributed by atoms with Gasteiger partial charge >= 0.3 is 5.97 Å². The largest absolute Gasteiger partial charge is 0.465 e. The number of imidazole rings is 1. The highest BCUT2D eigenvalue weighted by Gasteiger charge is 2.21. The van der Waals surface area contributed by atoms with Crippen LogP contribution in [-0.2, 0) is 11.3 Å². The summed E-state index contributed by atoms with van der Waals surface area (Å²) in [5.74, 6) is 0.732. The number of hydrogen-bond donors (Lipinski definition) is 1. The van der Waals surface area contributed by atoms with Crippen LogP contribution in [0.1, 0.15) is 53.6 Å². The van der Waals surface area contributed by atoms with E-state index < -0.39 is 0 Å². The Bertz CT molecular complexity index is 1770. The van der Waals surface area contributed by atoms with Gasteiger partial charge in [0.1, 0.15) is 5.82 Å². The first-order valence-corrected chi connectivity index (χ1v) is 15.3. The third-order valence-electron chi connectivity index (χ3n) is 7.68. The quantitative estimate of drug-likeness (QED) is 0.124. The van der Waals surface area contributed by atoms with Gasteiger partial charge in [0.2, 0.25) is 0 Å². The molecule has 0 spiro atoms. The Hall–Kier alpha value is -4.49. The highest BCUT2D eigenvalue weighted by molar-refractivity contribution is 7.22. The molecule has 42 heavy (non-hydrogen) atoms. The van der Waals surface area contributed by atoms with Crippen molar-refractivity contribution in [2.75, 3.05) is 19.0 Å². The first kappa shape index (κ1) is 27.7. The van der Waals surface area contributed by atoms with E-state index in [0.29, 0.717) is 5.56 Å². The van der Waals surface area contributed by atoms with Gasteiger partial charge in [-0.2, -0.15) is 0 Å². The van der Waals surface area contributed by atoms with Crippen molar-refractivity contribution in [3.05, 3.63) is 114 Å². The molecule has 212 valence electrons. The number of anilines is 1. The van der Waals surface area contributed by atoms with Gasteiger partial charge < -0.3 is 14.6 Å².